The van der Waals surface area contributed by atoms with Crippen LogP contribution < -0.4 is 5.32 Å². The summed E-state index contributed by atoms with van der Waals surface area (Å²) in [5, 5.41) is 113. The molecule has 17 atom stereocenters. The summed E-state index contributed by atoms with van der Waals surface area (Å²) in [6.45, 7) is -2.41. The molecule has 0 aromatic rings. The Hall–Kier alpha value is -0.570. The minimum Gasteiger partial charge on any atom is -0.394 e. The van der Waals surface area contributed by atoms with Crippen LogP contribution in [0.25, 0.3) is 0 Å². The van der Waals surface area contributed by atoms with Crippen LogP contribution in [-0.4, -0.2) is 199 Å². The Morgan fingerprint density at radius 1 is 0.733 bits per heavy atom. The molecule has 3 aliphatic heterocycles. The Labute approximate surface area is 256 Å². The largest absolute Gasteiger partial charge is 0.472 e. The molecule has 3 unspecified atom stereocenters. The van der Waals surface area contributed by atoms with Gasteiger partial charge in [0.2, 0.25) is 0 Å². The number of hydrogen-bond acceptors (Lipinski definition) is 20. The van der Waals surface area contributed by atoms with Crippen molar-refractivity contribution in [2.45, 2.75) is 105 Å². The molecule has 0 amide bonds. The summed E-state index contributed by atoms with van der Waals surface area (Å²) >= 11 is 0. The maximum absolute atomic E-state index is 11.8. The van der Waals surface area contributed by atoms with E-state index in [1.54, 1.807) is 0 Å². The fourth-order valence-electron chi connectivity index (χ4n) is 4.80. The van der Waals surface area contributed by atoms with Crippen molar-refractivity contribution in [2.75, 3.05) is 39.6 Å². The molecule has 3 saturated heterocycles. The molecule has 21 nitrogen and oxygen atoms in total. The minimum absolute atomic E-state index is 0.263. The van der Waals surface area contributed by atoms with Crippen LogP contribution in [0.5, 0.6) is 0 Å². The zero-order chi connectivity index (χ0) is 33.6. The summed E-state index contributed by atoms with van der Waals surface area (Å²) in [5.41, 5.74) is 0. The van der Waals surface area contributed by atoms with Crippen molar-refractivity contribution in [3.8, 4) is 0 Å². The van der Waals surface area contributed by atoms with Crippen LogP contribution in [0.4, 0.5) is 0 Å². The Balaban J connectivity index is 1.66. The number of nitrogens with one attached hydrogen (secondary N) is 1. The van der Waals surface area contributed by atoms with E-state index in [0.717, 1.165) is 0 Å². The van der Waals surface area contributed by atoms with Crippen molar-refractivity contribution in [3.05, 3.63) is 0 Å². The van der Waals surface area contributed by atoms with E-state index < -0.39 is 139 Å². The van der Waals surface area contributed by atoms with E-state index in [-0.39, 0.29) is 6.54 Å². The number of rotatable bonds is 15. The topological polar surface area (TPSA) is 336 Å². The highest BCUT2D eigenvalue weighted by molar-refractivity contribution is 7.47. The van der Waals surface area contributed by atoms with Crippen molar-refractivity contribution >= 4 is 7.82 Å². The average Bonchev–Trinajstić information content (AvgIpc) is 3.01. The highest BCUT2D eigenvalue weighted by atomic mass is 31.2. The van der Waals surface area contributed by atoms with Gasteiger partial charge in [-0.15, -0.1) is 0 Å². The van der Waals surface area contributed by atoms with Crippen LogP contribution in [0, 0.1) is 0 Å². The van der Waals surface area contributed by atoms with Gasteiger partial charge in [-0.05, 0) is 6.92 Å². The SMILES string of the molecule is C[C@@H]1O[C@@H](O[C@H]2[C@H](O[C@H]3[C@H](O)[C@@H](O)C(NCCOP(=O)(O)OCC(O)CO)O[C@@H]3CO)O[C@H](CO)[C@H](O)[C@@H]2O)[C@@H](O)[C@H](O)[C@@H]1O. The molecule has 0 aromatic heterocycles. The van der Waals surface area contributed by atoms with Gasteiger partial charge in [-0.2, -0.15) is 0 Å². The monoisotopic (exact) mass is 685 g/mol. The predicted molar refractivity (Wildman–Crippen MR) is 140 cm³/mol. The number of aliphatic hydroxyl groups is 11. The quantitative estimate of drug-likeness (QED) is 0.0562. The van der Waals surface area contributed by atoms with E-state index in [0.29, 0.717) is 0 Å². The van der Waals surface area contributed by atoms with Gasteiger partial charge in [0.1, 0.15) is 79.5 Å². The third-order valence-electron chi connectivity index (χ3n) is 7.42. The Kier molecular flexibility index (Phi) is 14.9. The lowest BCUT2D eigenvalue weighted by atomic mass is 9.96. The van der Waals surface area contributed by atoms with E-state index in [4.69, 9.17) is 33.3 Å². The number of aliphatic hydroxyl groups excluding tert-OH is 11. The number of hydrogen-bond donors (Lipinski definition) is 13. The lowest BCUT2D eigenvalue weighted by molar-refractivity contribution is -0.381. The molecule has 3 fully saturated rings. The molecule has 3 heterocycles. The van der Waals surface area contributed by atoms with Crippen LogP contribution in [0.2, 0.25) is 0 Å². The van der Waals surface area contributed by atoms with Crippen LogP contribution in [0.15, 0.2) is 0 Å². The molecule has 0 spiro atoms. The number of phosphoric acid groups is 1. The fraction of sp³-hybridized carbons (Fsp3) is 1.00. The van der Waals surface area contributed by atoms with E-state index in [1.807, 2.05) is 0 Å². The van der Waals surface area contributed by atoms with E-state index >= 15 is 0 Å². The molecule has 0 bridgehead atoms. The summed E-state index contributed by atoms with van der Waals surface area (Å²) < 4.78 is 48.9. The Morgan fingerprint density at radius 2 is 1.36 bits per heavy atom. The van der Waals surface area contributed by atoms with Gasteiger partial charge in [0.05, 0.1) is 39.1 Å². The Bertz CT molecular complexity index is 937. The van der Waals surface area contributed by atoms with Gasteiger partial charge in [0.25, 0.3) is 0 Å². The van der Waals surface area contributed by atoms with Gasteiger partial charge < -0.3 is 84.7 Å². The maximum Gasteiger partial charge on any atom is 0.472 e. The summed E-state index contributed by atoms with van der Waals surface area (Å²) in [4.78, 5) is 9.61. The van der Waals surface area contributed by atoms with Crippen molar-refractivity contribution in [1.29, 1.82) is 0 Å². The van der Waals surface area contributed by atoms with Crippen LogP contribution in [0.1, 0.15) is 6.92 Å². The second-order valence-corrected chi connectivity index (χ2v) is 12.2. The van der Waals surface area contributed by atoms with E-state index in [2.05, 4.69) is 9.84 Å². The third-order valence-corrected chi connectivity index (χ3v) is 8.41. The first-order valence-electron chi connectivity index (χ1n) is 14.0. The van der Waals surface area contributed by atoms with Gasteiger partial charge in [-0.1, -0.05) is 0 Å². The fourth-order valence-corrected chi connectivity index (χ4v) is 5.56. The molecule has 266 valence electrons. The predicted octanol–water partition coefficient (Wildman–Crippen LogP) is -7.46. The molecule has 0 aliphatic carbocycles. The molecule has 3 aliphatic rings. The van der Waals surface area contributed by atoms with Gasteiger partial charge >= 0.3 is 7.82 Å². The molecule has 0 radical (unpaired) electrons. The molecule has 13 N–H and O–H groups in total. The molecular formula is C23H44NO20P. The van der Waals surface area contributed by atoms with Crippen LogP contribution in [0.3, 0.4) is 0 Å². The van der Waals surface area contributed by atoms with Crippen LogP contribution >= 0.6 is 7.82 Å². The molecular weight excluding hydrogens is 641 g/mol. The summed E-state index contributed by atoms with van der Waals surface area (Å²) in [6, 6.07) is 0. The molecule has 45 heavy (non-hydrogen) atoms. The first-order valence-corrected chi connectivity index (χ1v) is 15.5. The molecule has 0 aromatic carbocycles. The number of ether oxygens (including phenoxy) is 5. The first kappa shape index (κ1) is 38.9. The van der Waals surface area contributed by atoms with Crippen molar-refractivity contribution in [3.63, 3.8) is 0 Å². The standard InChI is InChI=1S/C23H44NO20P/c1-8-12(29)14(31)18(35)22(40-8)44-20-15(32)13(30)10(5-26)42-23(20)43-19-11(6-27)41-21(17(34)16(19)33)24-2-3-38-45(36,37)39-7-9(28)4-25/h8-35H,2-7H2,1H3,(H,36,37)/t8-,9?,10+,11+,12+,13-,14+,15-,16+,17+,18-,19+,20+,21?,22-,23-/m0/s1. The molecule has 0 saturated carbocycles. The third kappa shape index (κ3) is 9.75. The normalized spacial score (nSPS) is 44.8. The van der Waals surface area contributed by atoms with Crippen molar-refractivity contribution < 1.29 is 98.4 Å². The molecule has 3 rings (SSSR count). The smallest absolute Gasteiger partial charge is 0.394 e. The second kappa shape index (κ2) is 17.2. The summed E-state index contributed by atoms with van der Waals surface area (Å²) in [5.74, 6) is 0. The highest BCUT2D eigenvalue weighted by Crippen LogP contribution is 2.43. The van der Waals surface area contributed by atoms with Crippen molar-refractivity contribution in [1.82, 2.24) is 5.32 Å². The summed E-state index contributed by atoms with van der Waals surface area (Å²) in [6.07, 6.45) is -25.8. The Morgan fingerprint density at radius 3 is 1.98 bits per heavy atom. The van der Waals surface area contributed by atoms with Gasteiger partial charge in [-0.3, -0.25) is 14.4 Å². The van der Waals surface area contributed by atoms with Gasteiger partial charge in [0.15, 0.2) is 12.6 Å². The van der Waals surface area contributed by atoms with Gasteiger partial charge in [-0.25, -0.2) is 4.57 Å². The minimum atomic E-state index is -4.61. The van der Waals surface area contributed by atoms with E-state index in [9.17, 15) is 60.5 Å². The van der Waals surface area contributed by atoms with E-state index in [1.165, 1.54) is 6.92 Å². The molecule has 22 heteroatoms. The maximum atomic E-state index is 11.8. The second-order valence-electron chi connectivity index (χ2n) is 10.7. The first-order chi connectivity index (χ1) is 21.1. The van der Waals surface area contributed by atoms with Gasteiger partial charge in [0, 0.05) is 6.54 Å². The summed E-state index contributed by atoms with van der Waals surface area (Å²) in [7, 11) is -4.61. The van der Waals surface area contributed by atoms with Crippen molar-refractivity contribution in [2.24, 2.45) is 0 Å². The zero-order valence-corrected chi connectivity index (χ0v) is 25.0. The zero-order valence-electron chi connectivity index (χ0n) is 24.1. The number of phosphoric ester groups is 1. The average molecular weight is 686 g/mol. The van der Waals surface area contributed by atoms with Crippen LogP contribution in [-0.2, 0) is 37.3 Å². The lowest BCUT2D eigenvalue weighted by Gasteiger charge is -2.48. The lowest BCUT2D eigenvalue weighted by Crippen LogP contribution is -2.67. The highest BCUT2D eigenvalue weighted by Gasteiger charge is 2.53.